The Morgan fingerprint density at radius 3 is 2.23 bits per heavy atom. The number of hydrogen-bond donors (Lipinski definition) is 1. The van der Waals surface area contributed by atoms with Gasteiger partial charge in [-0.1, -0.05) is 23.7 Å². The Balaban J connectivity index is 0.00000272. The maximum atomic E-state index is 13.1. The Kier molecular flexibility index (Phi) is 7.86. The average molecular weight is 486 g/mol. The smallest absolute Gasteiger partial charge is 0.243 e. The molecule has 2 N–H and O–H groups in total. The standard InChI is InChI=1S/C22H28ClN3O3S.ClH/c23-20-7-5-19-14-21(8-6-18(19)13-20)30(28,29)26-11-9-25(10-12-26)22(27)17-3-1-16(15-24)2-4-17;/h5-8,13-14,16-17H,1-4,9-12,15,24H2;1H. The van der Waals surface area contributed by atoms with Gasteiger partial charge in [0.2, 0.25) is 15.9 Å². The highest BCUT2D eigenvalue weighted by Gasteiger charge is 2.34. The number of benzene rings is 2. The van der Waals surface area contributed by atoms with Gasteiger partial charge in [-0.2, -0.15) is 4.31 Å². The third-order valence-electron chi connectivity index (χ3n) is 6.49. The molecule has 0 unspecified atom stereocenters. The van der Waals surface area contributed by atoms with Crippen LogP contribution in [0.15, 0.2) is 41.3 Å². The highest BCUT2D eigenvalue weighted by molar-refractivity contribution is 7.89. The molecule has 1 heterocycles. The van der Waals surface area contributed by atoms with Crippen molar-refractivity contribution in [2.24, 2.45) is 17.6 Å². The summed E-state index contributed by atoms with van der Waals surface area (Å²) >= 11 is 6.02. The number of rotatable bonds is 4. The van der Waals surface area contributed by atoms with Crippen LogP contribution in [0, 0.1) is 11.8 Å². The average Bonchev–Trinajstić information content (AvgIpc) is 2.78. The Hall–Kier alpha value is -1.38. The molecule has 31 heavy (non-hydrogen) atoms. The first kappa shape index (κ1) is 24.3. The van der Waals surface area contributed by atoms with Gasteiger partial charge in [-0.05, 0) is 73.2 Å². The molecular formula is C22H29Cl2N3O3S. The van der Waals surface area contributed by atoms with Gasteiger partial charge in [0, 0.05) is 37.1 Å². The van der Waals surface area contributed by atoms with Gasteiger partial charge in [0.05, 0.1) is 4.90 Å². The molecule has 2 aliphatic rings. The molecule has 0 atom stereocenters. The summed E-state index contributed by atoms with van der Waals surface area (Å²) in [5, 5.41) is 2.36. The third kappa shape index (κ3) is 5.17. The fourth-order valence-electron chi connectivity index (χ4n) is 4.56. The molecule has 1 aliphatic heterocycles. The lowest BCUT2D eigenvalue weighted by atomic mass is 9.81. The second-order valence-electron chi connectivity index (χ2n) is 8.34. The molecule has 1 saturated heterocycles. The number of amides is 1. The van der Waals surface area contributed by atoms with Crippen LogP contribution in [-0.2, 0) is 14.8 Å². The van der Waals surface area contributed by atoms with E-state index in [-0.39, 0.29) is 29.1 Å². The second-order valence-corrected chi connectivity index (χ2v) is 10.7. The monoisotopic (exact) mass is 485 g/mol. The Morgan fingerprint density at radius 1 is 0.968 bits per heavy atom. The summed E-state index contributed by atoms with van der Waals surface area (Å²) in [5.74, 6) is 0.766. The fourth-order valence-corrected chi connectivity index (χ4v) is 6.19. The molecule has 170 valence electrons. The number of carbonyl (C=O) groups excluding carboxylic acids is 1. The number of carbonyl (C=O) groups is 1. The van der Waals surface area contributed by atoms with Gasteiger partial charge in [-0.3, -0.25) is 4.79 Å². The lowest BCUT2D eigenvalue weighted by Crippen LogP contribution is -2.52. The minimum Gasteiger partial charge on any atom is -0.340 e. The van der Waals surface area contributed by atoms with Crippen molar-refractivity contribution in [3.05, 3.63) is 41.4 Å². The topological polar surface area (TPSA) is 83.7 Å². The number of nitrogens with zero attached hydrogens (tertiary/aromatic N) is 2. The number of hydrogen-bond acceptors (Lipinski definition) is 4. The Bertz CT molecular complexity index is 1030. The molecule has 1 amide bonds. The third-order valence-corrected chi connectivity index (χ3v) is 8.62. The maximum Gasteiger partial charge on any atom is 0.243 e. The SMILES string of the molecule is Cl.NCC1CCC(C(=O)N2CCN(S(=O)(=O)c3ccc4cc(Cl)ccc4c3)CC2)CC1. The minimum absolute atomic E-state index is 0. The van der Waals surface area contributed by atoms with Gasteiger partial charge < -0.3 is 10.6 Å². The molecule has 4 rings (SSSR count). The van der Waals surface area contributed by atoms with Crippen molar-refractivity contribution in [2.75, 3.05) is 32.7 Å². The van der Waals surface area contributed by atoms with E-state index >= 15 is 0 Å². The van der Waals surface area contributed by atoms with Crippen molar-refractivity contribution in [1.82, 2.24) is 9.21 Å². The molecule has 0 radical (unpaired) electrons. The zero-order valence-corrected chi connectivity index (χ0v) is 19.8. The van der Waals surface area contributed by atoms with E-state index in [1.807, 2.05) is 17.0 Å². The normalized spacial score (nSPS) is 22.8. The summed E-state index contributed by atoms with van der Waals surface area (Å²) in [7, 11) is -3.60. The van der Waals surface area contributed by atoms with Crippen LogP contribution in [0.5, 0.6) is 0 Å². The molecule has 2 aromatic carbocycles. The van der Waals surface area contributed by atoms with E-state index in [9.17, 15) is 13.2 Å². The molecule has 6 nitrogen and oxygen atoms in total. The summed E-state index contributed by atoms with van der Waals surface area (Å²) in [6, 6.07) is 10.5. The van der Waals surface area contributed by atoms with Gasteiger partial charge in [0.25, 0.3) is 0 Å². The summed E-state index contributed by atoms with van der Waals surface area (Å²) in [5.41, 5.74) is 5.75. The molecule has 0 spiro atoms. The zero-order chi connectivity index (χ0) is 21.3. The van der Waals surface area contributed by atoms with Crippen LogP contribution in [-0.4, -0.2) is 56.3 Å². The number of nitrogens with two attached hydrogens (primary N) is 1. The van der Waals surface area contributed by atoms with E-state index in [4.69, 9.17) is 17.3 Å². The van der Waals surface area contributed by atoms with Crippen molar-refractivity contribution >= 4 is 50.7 Å². The summed E-state index contributed by atoms with van der Waals surface area (Å²) in [6.45, 7) is 2.23. The first-order valence-electron chi connectivity index (χ1n) is 10.6. The number of fused-ring (bicyclic) bond motifs is 1. The molecule has 2 fully saturated rings. The summed E-state index contributed by atoms with van der Waals surface area (Å²) < 4.78 is 27.7. The molecule has 2 aromatic rings. The van der Waals surface area contributed by atoms with E-state index < -0.39 is 10.0 Å². The highest BCUT2D eigenvalue weighted by Crippen LogP contribution is 2.30. The largest absolute Gasteiger partial charge is 0.340 e. The van der Waals surface area contributed by atoms with Gasteiger partial charge in [0.1, 0.15) is 0 Å². The summed E-state index contributed by atoms with van der Waals surface area (Å²) in [6.07, 6.45) is 3.80. The van der Waals surface area contributed by atoms with Crippen LogP contribution in [0.25, 0.3) is 10.8 Å². The lowest BCUT2D eigenvalue weighted by molar-refractivity contribution is -0.138. The van der Waals surface area contributed by atoms with E-state index in [1.165, 1.54) is 4.31 Å². The van der Waals surface area contributed by atoms with Gasteiger partial charge >= 0.3 is 0 Å². The van der Waals surface area contributed by atoms with Gasteiger partial charge in [-0.15, -0.1) is 12.4 Å². The van der Waals surface area contributed by atoms with Crippen LogP contribution >= 0.6 is 24.0 Å². The molecule has 1 saturated carbocycles. The van der Waals surface area contributed by atoms with E-state index in [0.29, 0.717) is 43.7 Å². The zero-order valence-electron chi connectivity index (χ0n) is 17.4. The Morgan fingerprint density at radius 2 is 1.58 bits per heavy atom. The van der Waals surface area contributed by atoms with Crippen LogP contribution in [0.4, 0.5) is 0 Å². The van der Waals surface area contributed by atoms with E-state index in [2.05, 4.69) is 0 Å². The van der Waals surface area contributed by atoms with Crippen LogP contribution in [0.1, 0.15) is 25.7 Å². The van der Waals surface area contributed by atoms with Gasteiger partial charge in [-0.25, -0.2) is 8.42 Å². The molecular weight excluding hydrogens is 457 g/mol. The van der Waals surface area contributed by atoms with Gasteiger partial charge in [0.15, 0.2) is 0 Å². The molecule has 0 bridgehead atoms. The van der Waals surface area contributed by atoms with Crippen LogP contribution < -0.4 is 5.73 Å². The molecule has 0 aromatic heterocycles. The first-order valence-corrected chi connectivity index (χ1v) is 12.4. The highest BCUT2D eigenvalue weighted by atomic mass is 35.5. The van der Waals surface area contributed by atoms with Crippen molar-refractivity contribution in [2.45, 2.75) is 30.6 Å². The number of sulfonamides is 1. The number of piperazine rings is 1. The lowest BCUT2D eigenvalue weighted by Gasteiger charge is -2.37. The molecule has 9 heteroatoms. The van der Waals surface area contributed by atoms with Crippen molar-refractivity contribution in [3.8, 4) is 0 Å². The minimum atomic E-state index is -3.60. The maximum absolute atomic E-state index is 13.1. The predicted octanol–water partition coefficient (Wildman–Crippen LogP) is 3.51. The van der Waals surface area contributed by atoms with Crippen LogP contribution in [0.3, 0.4) is 0 Å². The van der Waals surface area contributed by atoms with Crippen molar-refractivity contribution in [3.63, 3.8) is 0 Å². The summed E-state index contributed by atoms with van der Waals surface area (Å²) in [4.78, 5) is 15.0. The predicted molar refractivity (Wildman–Crippen MR) is 126 cm³/mol. The van der Waals surface area contributed by atoms with Crippen LogP contribution in [0.2, 0.25) is 5.02 Å². The quantitative estimate of drug-likeness (QED) is 0.717. The van der Waals surface area contributed by atoms with Crippen molar-refractivity contribution in [1.29, 1.82) is 0 Å². The van der Waals surface area contributed by atoms with Crippen molar-refractivity contribution < 1.29 is 13.2 Å². The molecule has 1 aliphatic carbocycles. The first-order chi connectivity index (χ1) is 14.4. The second kappa shape index (κ2) is 10.0. The van der Waals surface area contributed by atoms with E-state index in [0.717, 1.165) is 36.5 Å². The van der Waals surface area contributed by atoms with E-state index in [1.54, 1.807) is 24.3 Å². The Labute approximate surface area is 195 Å². The number of halogens is 2. The fraction of sp³-hybridized carbons (Fsp3) is 0.500.